The predicted molar refractivity (Wildman–Crippen MR) is 93.3 cm³/mol. The maximum absolute atomic E-state index is 11.6. The second-order valence-electron chi connectivity index (χ2n) is 5.13. The number of anilines is 1. The molecule has 1 amide bonds. The molecule has 0 aliphatic carbocycles. The van der Waals surface area contributed by atoms with Gasteiger partial charge in [-0.15, -0.1) is 23.7 Å². The van der Waals surface area contributed by atoms with Crippen molar-refractivity contribution in [3.63, 3.8) is 0 Å². The first-order valence-electron chi connectivity index (χ1n) is 6.75. The number of aromatic nitrogens is 1. The van der Waals surface area contributed by atoms with E-state index in [0.29, 0.717) is 0 Å². The SMILES string of the molecule is CC(N)C(=O)Nc1cccc(CN(C)Cc2cscn2)c1.Cl. The summed E-state index contributed by atoms with van der Waals surface area (Å²) < 4.78 is 0. The third-order valence-corrected chi connectivity index (χ3v) is 3.61. The van der Waals surface area contributed by atoms with E-state index in [1.807, 2.05) is 36.8 Å². The van der Waals surface area contributed by atoms with Crippen molar-refractivity contribution >= 4 is 35.3 Å². The van der Waals surface area contributed by atoms with Crippen LogP contribution in [0.2, 0.25) is 0 Å². The molecule has 0 saturated carbocycles. The van der Waals surface area contributed by atoms with Crippen molar-refractivity contribution in [2.45, 2.75) is 26.1 Å². The Morgan fingerprint density at radius 3 is 2.86 bits per heavy atom. The van der Waals surface area contributed by atoms with Crippen LogP contribution in [0.15, 0.2) is 35.2 Å². The highest BCUT2D eigenvalue weighted by molar-refractivity contribution is 7.07. The minimum absolute atomic E-state index is 0. The van der Waals surface area contributed by atoms with Crippen molar-refractivity contribution in [3.05, 3.63) is 46.4 Å². The zero-order valence-corrected chi connectivity index (χ0v) is 14.3. The number of nitrogens with two attached hydrogens (primary N) is 1. The standard InChI is InChI=1S/C15H20N4OS.ClH/c1-11(16)15(20)18-13-5-3-4-12(6-13)7-19(2)8-14-9-21-10-17-14;/h3-6,9-11H,7-8,16H2,1-2H3,(H,18,20);1H. The fourth-order valence-electron chi connectivity index (χ4n) is 1.96. The van der Waals surface area contributed by atoms with Crippen LogP contribution < -0.4 is 11.1 Å². The van der Waals surface area contributed by atoms with Crippen LogP contribution in [-0.4, -0.2) is 28.9 Å². The first kappa shape index (κ1) is 18.6. The Morgan fingerprint density at radius 2 is 2.23 bits per heavy atom. The smallest absolute Gasteiger partial charge is 0.240 e. The van der Waals surface area contributed by atoms with Crippen molar-refractivity contribution in [2.24, 2.45) is 5.73 Å². The summed E-state index contributed by atoms with van der Waals surface area (Å²) in [6.45, 7) is 3.26. The number of thiazole rings is 1. The van der Waals surface area contributed by atoms with Gasteiger partial charge in [-0.05, 0) is 31.7 Å². The molecule has 1 heterocycles. The van der Waals surface area contributed by atoms with Crippen molar-refractivity contribution in [3.8, 4) is 0 Å². The molecule has 5 nitrogen and oxygen atoms in total. The molecule has 0 aliphatic heterocycles. The molecular formula is C15H21ClN4OS. The summed E-state index contributed by atoms with van der Waals surface area (Å²) in [4.78, 5) is 18.1. The average molecular weight is 341 g/mol. The number of benzene rings is 1. The zero-order chi connectivity index (χ0) is 15.2. The van der Waals surface area contributed by atoms with E-state index < -0.39 is 6.04 Å². The third-order valence-electron chi connectivity index (χ3n) is 2.98. The molecule has 0 aliphatic rings. The summed E-state index contributed by atoms with van der Waals surface area (Å²) in [5.41, 5.74) is 10.4. The molecule has 1 unspecified atom stereocenters. The summed E-state index contributed by atoms with van der Waals surface area (Å²) in [7, 11) is 2.05. The lowest BCUT2D eigenvalue weighted by Gasteiger charge is -2.16. The first-order valence-corrected chi connectivity index (χ1v) is 7.70. The zero-order valence-electron chi connectivity index (χ0n) is 12.7. The highest BCUT2D eigenvalue weighted by Gasteiger charge is 2.08. The third kappa shape index (κ3) is 5.73. The minimum atomic E-state index is -0.513. The quantitative estimate of drug-likeness (QED) is 0.847. The molecule has 0 radical (unpaired) electrons. The highest BCUT2D eigenvalue weighted by atomic mass is 35.5. The Hall–Kier alpha value is -1.47. The largest absolute Gasteiger partial charge is 0.325 e. The number of halogens is 1. The van der Waals surface area contributed by atoms with Gasteiger partial charge in [0, 0.05) is 24.2 Å². The number of carbonyl (C=O) groups is 1. The van der Waals surface area contributed by atoms with Crippen molar-refractivity contribution in [1.82, 2.24) is 9.88 Å². The van der Waals surface area contributed by atoms with Gasteiger partial charge in [-0.3, -0.25) is 9.69 Å². The van der Waals surface area contributed by atoms with E-state index in [9.17, 15) is 4.79 Å². The van der Waals surface area contributed by atoms with Gasteiger partial charge in [0.05, 0.1) is 17.2 Å². The average Bonchev–Trinajstić information content (AvgIpc) is 2.91. The lowest BCUT2D eigenvalue weighted by Crippen LogP contribution is -2.32. The molecule has 22 heavy (non-hydrogen) atoms. The van der Waals surface area contributed by atoms with Crippen LogP contribution in [0, 0.1) is 0 Å². The highest BCUT2D eigenvalue weighted by Crippen LogP contribution is 2.14. The molecule has 0 spiro atoms. The molecule has 7 heteroatoms. The number of amides is 1. The lowest BCUT2D eigenvalue weighted by atomic mass is 10.2. The number of hydrogen-bond donors (Lipinski definition) is 2. The fourth-order valence-corrected chi connectivity index (χ4v) is 2.51. The van der Waals surface area contributed by atoms with Gasteiger partial charge in [0.2, 0.25) is 5.91 Å². The molecule has 120 valence electrons. The molecule has 1 atom stereocenters. The fraction of sp³-hybridized carbons (Fsp3) is 0.333. The van der Waals surface area contributed by atoms with Crippen LogP contribution in [0.1, 0.15) is 18.2 Å². The van der Waals surface area contributed by atoms with Crippen LogP contribution in [0.25, 0.3) is 0 Å². The van der Waals surface area contributed by atoms with Gasteiger partial charge in [0.15, 0.2) is 0 Å². The van der Waals surface area contributed by atoms with Crippen molar-refractivity contribution in [1.29, 1.82) is 0 Å². The summed E-state index contributed by atoms with van der Waals surface area (Å²) >= 11 is 1.60. The summed E-state index contributed by atoms with van der Waals surface area (Å²) in [6, 6.07) is 7.30. The Labute approximate surface area is 141 Å². The van der Waals surface area contributed by atoms with E-state index in [2.05, 4.69) is 20.6 Å². The maximum Gasteiger partial charge on any atom is 0.240 e. The molecular weight excluding hydrogens is 320 g/mol. The normalized spacial score (nSPS) is 11.8. The van der Waals surface area contributed by atoms with Gasteiger partial charge in [-0.1, -0.05) is 12.1 Å². The Kier molecular flexibility index (Phi) is 7.47. The topological polar surface area (TPSA) is 71.2 Å². The van der Waals surface area contributed by atoms with Crippen LogP contribution in [0.3, 0.4) is 0 Å². The molecule has 0 bridgehead atoms. The van der Waals surface area contributed by atoms with E-state index in [0.717, 1.165) is 30.0 Å². The first-order chi connectivity index (χ1) is 10.0. The molecule has 2 aromatic rings. The monoisotopic (exact) mass is 340 g/mol. The van der Waals surface area contributed by atoms with Gasteiger partial charge in [0.1, 0.15) is 0 Å². The van der Waals surface area contributed by atoms with E-state index in [4.69, 9.17) is 5.73 Å². The van der Waals surface area contributed by atoms with Crippen LogP contribution >= 0.6 is 23.7 Å². The van der Waals surface area contributed by atoms with Gasteiger partial charge in [-0.25, -0.2) is 4.98 Å². The molecule has 0 saturated heterocycles. The molecule has 1 aromatic heterocycles. The van der Waals surface area contributed by atoms with Gasteiger partial charge in [-0.2, -0.15) is 0 Å². The van der Waals surface area contributed by atoms with E-state index >= 15 is 0 Å². The van der Waals surface area contributed by atoms with Crippen LogP contribution in [0.5, 0.6) is 0 Å². The summed E-state index contributed by atoms with van der Waals surface area (Å²) in [5.74, 6) is -0.178. The molecule has 1 aromatic carbocycles. The van der Waals surface area contributed by atoms with Gasteiger partial charge < -0.3 is 11.1 Å². The maximum atomic E-state index is 11.6. The minimum Gasteiger partial charge on any atom is -0.325 e. The summed E-state index contributed by atoms with van der Waals surface area (Å²) in [6.07, 6.45) is 0. The molecule has 0 fully saturated rings. The predicted octanol–water partition coefficient (Wildman–Crippen LogP) is 2.48. The number of rotatable bonds is 6. The van der Waals surface area contributed by atoms with Crippen LogP contribution in [-0.2, 0) is 17.9 Å². The van der Waals surface area contributed by atoms with E-state index in [-0.39, 0.29) is 18.3 Å². The Morgan fingerprint density at radius 1 is 1.45 bits per heavy atom. The van der Waals surface area contributed by atoms with Crippen molar-refractivity contribution in [2.75, 3.05) is 12.4 Å². The number of carbonyl (C=O) groups excluding carboxylic acids is 1. The Bertz CT molecular complexity index is 589. The summed E-state index contributed by atoms with van der Waals surface area (Å²) in [5, 5.41) is 4.86. The second kappa shape index (κ2) is 8.85. The van der Waals surface area contributed by atoms with Crippen LogP contribution in [0.4, 0.5) is 5.69 Å². The number of nitrogens with one attached hydrogen (secondary N) is 1. The number of hydrogen-bond acceptors (Lipinski definition) is 5. The van der Waals surface area contributed by atoms with E-state index in [1.54, 1.807) is 18.3 Å². The second-order valence-corrected chi connectivity index (χ2v) is 5.85. The molecule has 2 rings (SSSR count). The Balaban J connectivity index is 0.00000242. The molecule has 3 N–H and O–H groups in total. The van der Waals surface area contributed by atoms with Gasteiger partial charge >= 0.3 is 0 Å². The lowest BCUT2D eigenvalue weighted by molar-refractivity contribution is -0.117. The van der Waals surface area contributed by atoms with E-state index in [1.165, 1.54) is 0 Å². The van der Waals surface area contributed by atoms with Crippen molar-refractivity contribution < 1.29 is 4.79 Å². The number of nitrogens with zero attached hydrogens (tertiary/aromatic N) is 2. The van der Waals surface area contributed by atoms with Gasteiger partial charge in [0.25, 0.3) is 0 Å².